The lowest BCUT2D eigenvalue weighted by atomic mass is 10.2. The number of ether oxygens (including phenoxy) is 1. The Bertz CT molecular complexity index is 1100. The maximum Gasteiger partial charge on any atom is 0.267 e. The van der Waals surface area contributed by atoms with E-state index in [1.165, 1.54) is 11.8 Å². The molecule has 0 saturated heterocycles. The van der Waals surface area contributed by atoms with Crippen LogP contribution in [0.5, 0.6) is 5.75 Å². The Morgan fingerprint density at radius 2 is 1.79 bits per heavy atom. The second-order valence-corrected chi connectivity index (χ2v) is 5.95. The number of aromatic nitrogens is 4. The highest BCUT2D eigenvalue weighted by Crippen LogP contribution is 2.22. The molecule has 120 valence electrons. The second-order valence-electron chi connectivity index (χ2n) is 5.18. The SMILES string of the molecule is COc1ccc(-n2c(=O)c3ccccc3n3c(SC)nnc23)cc1. The van der Waals surface area contributed by atoms with E-state index >= 15 is 0 Å². The van der Waals surface area contributed by atoms with Crippen molar-refractivity contribution in [1.29, 1.82) is 0 Å². The van der Waals surface area contributed by atoms with E-state index in [4.69, 9.17) is 4.74 Å². The molecule has 4 rings (SSSR count). The summed E-state index contributed by atoms with van der Waals surface area (Å²) in [5, 5.41) is 9.82. The Kier molecular flexibility index (Phi) is 3.50. The largest absolute Gasteiger partial charge is 0.497 e. The van der Waals surface area contributed by atoms with Crippen LogP contribution in [0.15, 0.2) is 58.5 Å². The van der Waals surface area contributed by atoms with Crippen molar-refractivity contribution < 1.29 is 4.74 Å². The predicted octanol–water partition coefficient (Wildman–Crippen LogP) is 2.76. The predicted molar refractivity (Wildman–Crippen MR) is 94.4 cm³/mol. The van der Waals surface area contributed by atoms with Gasteiger partial charge in [-0.2, -0.15) is 0 Å². The fourth-order valence-corrected chi connectivity index (χ4v) is 3.26. The third-order valence-electron chi connectivity index (χ3n) is 3.91. The van der Waals surface area contributed by atoms with Crippen LogP contribution in [0.1, 0.15) is 0 Å². The summed E-state index contributed by atoms with van der Waals surface area (Å²) >= 11 is 1.49. The molecule has 7 heteroatoms. The molecule has 0 unspecified atom stereocenters. The van der Waals surface area contributed by atoms with E-state index in [1.807, 2.05) is 59.2 Å². The van der Waals surface area contributed by atoms with Crippen LogP contribution in [0.25, 0.3) is 22.4 Å². The van der Waals surface area contributed by atoms with Crippen LogP contribution in [0.4, 0.5) is 0 Å². The van der Waals surface area contributed by atoms with E-state index in [0.717, 1.165) is 22.1 Å². The molecule has 0 aliphatic heterocycles. The molecular weight excluding hydrogens is 324 g/mol. The molecule has 2 aromatic carbocycles. The number of benzene rings is 2. The first-order valence-electron chi connectivity index (χ1n) is 7.32. The maximum absolute atomic E-state index is 13.0. The number of hydrogen-bond acceptors (Lipinski definition) is 5. The third kappa shape index (κ3) is 2.09. The van der Waals surface area contributed by atoms with Gasteiger partial charge in [-0.1, -0.05) is 23.9 Å². The van der Waals surface area contributed by atoms with Crippen LogP contribution in [-0.2, 0) is 0 Å². The molecule has 6 nitrogen and oxygen atoms in total. The minimum Gasteiger partial charge on any atom is -0.497 e. The van der Waals surface area contributed by atoms with E-state index in [1.54, 1.807) is 11.7 Å². The monoisotopic (exact) mass is 338 g/mol. The van der Waals surface area contributed by atoms with Crippen molar-refractivity contribution in [3.63, 3.8) is 0 Å². The second kappa shape index (κ2) is 5.68. The number of nitrogens with zero attached hydrogens (tertiary/aromatic N) is 4. The lowest BCUT2D eigenvalue weighted by Gasteiger charge is -2.11. The van der Waals surface area contributed by atoms with Gasteiger partial charge >= 0.3 is 0 Å². The summed E-state index contributed by atoms with van der Waals surface area (Å²) in [5.74, 6) is 1.23. The number of thioether (sulfide) groups is 1. The Hall–Kier alpha value is -2.80. The first-order chi connectivity index (χ1) is 11.7. The maximum atomic E-state index is 13.0. The van der Waals surface area contributed by atoms with Crippen molar-refractivity contribution in [1.82, 2.24) is 19.2 Å². The molecule has 2 heterocycles. The standard InChI is InChI=1S/C17H14N4O2S/c1-23-12-9-7-11(8-10-12)20-15(22)13-5-3-4-6-14(13)21-16(20)18-19-17(21)24-2/h3-10H,1-2H3. The van der Waals surface area contributed by atoms with Crippen molar-refractivity contribution in [3.8, 4) is 11.4 Å². The normalized spacial score (nSPS) is 11.2. The van der Waals surface area contributed by atoms with Gasteiger partial charge in [-0.05, 0) is 42.7 Å². The third-order valence-corrected chi connectivity index (χ3v) is 4.54. The lowest BCUT2D eigenvalue weighted by molar-refractivity contribution is 0.414. The molecule has 0 spiro atoms. The molecule has 0 saturated carbocycles. The zero-order valence-electron chi connectivity index (χ0n) is 13.1. The summed E-state index contributed by atoms with van der Waals surface area (Å²) in [6.45, 7) is 0. The van der Waals surface area contributed by atoms with Crippen LogP contribution in [0, 0.1) is 0 Å². The smallest absolute Gasteiger partial charge is 0.267 e. The fraction of sp³-hybridized carbons (Fsp3) is 0.118. The Morgan fingerprint density at radius 3 is 2.50 bits per heavy atom. The van der Waals surface area contributed by atoms with E-state index in [-0.39, 0.29) is 5.56 Å². The minimum atomic E-state index is -0.122. The summed E-state index contributed by atoms with van der Waals surface area (Å²) in [6.07, 6.45) is 1.94. The van der Waals surface area contributed by atoms with E-state index < -0.39 is 0 Å². The van der Waals surface area contributed by atoms with Crippen LogP contribution in [0.3, 0.4) is 0 Å². The summed E-state index contributed by atoms with van der Waals surface area (Å²) < 4.78 is 8.68. The Balaban J connectivity index is 2.15. The molecule has 2 aromatic heterocycles. The van der Waals surface area contributed by atoms with Crippen LogP contribution in [-0.4, -0.2) is 32.5 Å². The van der Waals surface area contributed by atoms with Gasteiger partial charge in [0.05, 0.1) is 23.7 Å². The number of hydrogen-bond donors (Lipinski definition) is 0. The van der Waals surface area contributed by atoms with Crippen molar-refractivity contribution in [3.05, 3.63) is 58.9 Å². The average Bonchev–Trinajstić information content (AvgIpc) is 3.06. The van der Waals surface area contributed by atoms with Gasteiger partial charge in [0.25, 0.3) is 5.56 Å². The van der Waals surface area contributed by atoms with Crippen molar-refractivity contribution in [2.24, 2.45) is 0 Å². The minimum absolute atomic E-state index is 0.122. The van der Waals surface area contributed by atoms with Crippen LogP contribution >= 0.6 is 11.8 Å². The molecule has 24 heavy (non-hydrogen) atoms. The molecule has 0 fully saturated rings. The van der Waals surface area contributed by atoms with E-state index in [9.17, 15) is 4.79 Å². The summed E-state index contributed by atoms with van der Waals surface area (Å²) in [4.78, 5) is 13.0. The van der Waals surface area contributed by atoms with E-state index in [0.29, 0.717) is 11.2 Å². The summed E-state index contributed by atoms with van der Waals surface area (Å²) in [5.41, 5.74) is 1.40. The molecule has 0 aliphatic carbocycles. The van der Waals surface area contributed by atoms with Crippen molar-refractivity contribution >= 4 is 28.4 Å². The molecule has 0 N–H and O–H groups in total. The first kappa shape index (κ1) is 14.8. The van der Waals surface area contributed by atoms with Crippen LogP contribution < -0.4 is 10.3 Å². The molecular formula is C17H14N4O2S. The van der Waals surface area contributed by atoms with Crippen LogP contribution in [0.2, 0.25) is 0 Å². The number of methoxy groups -OCH3 is 1. The van der Waals surface area contributed by atoms with Gasteiger partial charge < -0.3 is 4.74 Å². The zero-order valence-corrected chi connectivity index (χ0v) is 13.9. The highest BCUT2D eigenvalue weighted by molar-refractivity contribution is 7.98. The topological polar surface area (TPSA) is 61.4 Å². The van der Waals surface area contributed by atoms with Gasteiger partial charge in [0.2, 0.25) is 5.78 Å². The summed E-state index contributed by atoms with van der Waals surface area (Å²) in [6, 6.07) is 14.8. The first-order valence-corrected chi connectivity index (χ1v) is 8.54. The number of rotatable bonds is 3. The van der Waals surface area contributed by atoms with Gasteiger partial charge in [0.1, 0.15) is 5.75 Å². The molecule has 0 atom stereocenters. The Labute approximate surface area is 141 Å². The number of fused-ring (bicyclic) bond motifs is 3. The van der Waals surface area contributed by atoms with Gasteiger partial charge in [-0.25, -0.2) is 4.57 Å². The molecule has 0 amide bonds. The van der Waals surface area contributed by atoms with Gasteiger partial charge in [0.15, 0.2) is 5.16 Å². The fourth-order valence-electron chi connectivity index (χ4n) is 2.77. The van der Waals surface area contributed by atoms with Gasteiger partial charge in [-0.15, -0.1) is 10.2 Å². The molecule has 0 bridgehead atoms. The Morgan fingerprint density at radius 1 is 1.04 bits per heavy atom. The summed E-state index contributed by atoms with van der Waals surface area (Å²) in [7, 11) is 1.61. The molecule has 4 aromatic rings. The lowest BCUT2D eigenvalue weighted by Crippen LogP contribution is -2.21. The molecule has 0 radical (unpaired) electrons. The van der Waals surface area contributed by atoms with Gasteiger partial charge in [0, 0.05) is 0 Å². The quantitative estimate of drug-likeness (QED) is 0.538. The van der Waals surface area contributed by atoms with Crippen molar-refractivity contribution in [2.45, 2.75) is 5.16 Å². The highest BCUT2D eigenvalue weighted by Gasteiger charge is 2.16. The number of para-hydroxylation sites is 1. The van der Waals surface area contributed by atoms with E-state index in [2.05, 4.69) is 10.2 Å². The zero-order chi connectivity index (χ0) is 16.7. The molecule has 0 aliphatic rings. The van der Waals surface area contributed by atoms with Gasteiger partial charge in [-0.3, -0.25) is 9.20 Å². The highest BCUT2D eigenvalue weighted by atomic mass is 32.2. The average molecular weight is 338 g/mol. The van der Waals surface area contributed by atoms with Crippen molar-refractivity contribution in [2.75, 3.05) is 13.4 Å².